The van der Waals surface area contributed by atoms with Crippen LogP contribution < -0.4 is 14.2 Å². The van der Waals surface area contributed by atoms with Gasteiger partial charge < -0.3 is 9.47 Å². The van der Waals surface area contributed by atoms with Gasteiger partial charge in [-0.15, -0.1) is 0 Å². The van der Waals surface area contributed by atoms with E-state index in [0.717, 1.165) is 24.3 Å². The Morgan fingerprint density at radius 3 is 2.12 bits per heavy atom. The average molecular weight is 426 g/mol. The fraction of sp³-hybridized carbons (Fsp3) is 0.250. The number of ether oxygens (including phenoxy) is 2. The molecule has 0 heterocycles. The predicted octanol–water partition coefficient (Wildman–Crippen LogP) is 4.33. The Kier molecular flexibility index (Phi) is 6.33. The van der Waals surface area contributed by atoms with Gasteiger partial charge in [-0.05, 0) is 24.6 Å². The topological polar surface area (TPSA) is 64.6 Å². The third kappa shape index (κ3) is 4.20. The van der Waals surface area contributed by atoms with E-state index in [1.54, 1.807) is 0 Å². The summed E-state index contributed by atoms with van der Waals surface area (Å²) in [6.45, 7) is 1.44. The van der Waals surface area contributed by atoms with Crippen LogP contribution in [0.15, 0.2) is 29.2 Å². The number of nitrogens with one attached hydrogen (secondary N) is 1. The molecule has 2 aromatic rings. The van der Waals surface area contributed by atoms with E-state index in [2.05, 4.69) is 4.72 Å². The van der Waals surface area contributed by atoms with Crippen LogP contribution in [-0.2, 0) is 10.0 Å². The molecular weight excluding hydrogens is 411 g/mol. The van der Waals surface area contributed by atoms with Crippen molar-refractivity contribution < 1.29 is 26.7 Å². The predicted molar refractivity (Wildman–Crippen MR) is 94.7 cm³/mol. The molecule has 10 heteroatoms. The fourth-order valence-electron chi connectivity index (χ4n) is 2.27. The Morgan fingerprint density at radius 1 is 0.962 bits per heavy atom. The molecule has 1 unspecified atom stereocenters. The van der Waals surface area contributed by atoms with Crippen molar-refractivity contribution in [2.24, 2.45) is 0 Å². The highest BCUT2D eigenvalue weighted by Crippen LogP contribution is 2.33. The largest absolute Gasteiger partial charge is 0.493 e. The Morgan fingerprint density at radius 2 is 1.54 bits per heavy atom. The summed E-state index contributed by atoms with van der Waals surface area (Å²) in [5.74, 6) is -1.71. The third-order valence-corrected chi connectivity index (χ3v) is 5.74. The zero-order valence-corrected chi connectivity index (χ0v) is 16.3. The first-order valence-electron chi connectivity index (χ1n) is 7.19. The van der Waals surface area contributed by atoms with Gasteiger partial charge in [0.25, 0.3) is 0 Å². The molecule has 0 aliphatic heterocycles. The first-order valence-corrected chi connectivity index (χ1v) is 9.43. The number of methoxy groups -OCH3 is 2. The number of hydrogen-bond donors (Lipinski definition) is 1. The Hall–Kier alpha value is -1.61. The summed E-state index contributed by atoms with van der Waals surface area (Å²) >= 11 is 11.6. The monoisotopic (exact) mass is 425 g/mol. The van der Waals surface area contributed by atoms with Crippen LogP contribution in [0.4, 0.5) is 8.78 Å². The molecule has 0 fully saturated rings. The van der Waals surface area contributed by atoms with E-state index >= 15 is 0 Å². The van der Waals surface area contributed by atoms with Crippen molar-refractivity contribution >= 4 is 33.2 Å². The van der Waals surface area contributed by atoms with Gasteiger partial charge in [-0.3, -0.25) is 0 Å². The second-order valence-corrected chi connectivity index (χ2v) is 7.77. The maximum Gasteiger partial charge on any atom is 0.244 e. The van der Waals surface area contributed by atoms with Crippen LogP contribution in [0.1, 0.15) is 18.5 Å². The van der Waals surface area contributed by atoms with Crippen molar-refractivity contribution in [2.75, 3.05) is 14.2 Å². The number of hydrogen-bond acceptors (Lipinski definition) is 4. The summed E-state index contributed by atoms with van der Waals surface area (Å²) in [7, 11) is -1.73. The Bertz CT molecular complexity index is 938. The van der Waals surface area contributed by atoms with Crippen LogP contribution >= 0.6 is 23.2 Å². The summed E-state index contributed by atoms with van der Waals surface area (Å²) in [6.07, 6.45) is 0. The van der Waals surface area contributed by atoms with Crippen LogP contribution in [0.2, 0.25) is 10.0 Å². The van der Waals surface area contributed by atoms with Crippen LogP contribution in [0.25, 0.3) is 0 Å². The molecule has 0 aromatic heterocycles. The number of benzene rings is 2. The van der Waals surface area contributed by atoms with Gasteiger partial charge in [0.05, 0.1) is 19.2 Å². The summed E-state index contributed by atoms with van der Waals surface area (Å²) in [5.41, 5.74) is 0.151. The normalized spacial score (nSPS) is 12.7. The lowest BCUT2D eigenvalue weighted by molar-refractivity contribution is 0.350. The molecule has 1 atom stereocenters. The van der Waals surface area contributed by atoms with Gasteiger partial charge in [0, 0.05) is 23.2 Å². The molecule has 5 nitrogen and oxygen atoms in total. The summed E-state index contributed by atoms with van der Waals surface area (Å²) < 4.78 is 65.2. The van der Waals surface area contributed by atoms with Crippen molar-refractivity contribution in [1.82, 2.24) is 4.72 Å². The molecule has 26 heavy (non-hydrogen) atoms. The molecule has 0 aliphatic rings. The number of halogens is 4. The standard InChI is InChI=1S/C16H15Cl2F2NO4S/c1-8(9-4-12(19)11(18)5-10(9)17)21-26(22,23)16-7-15(25-3)14(24-2)6-13(16)20/h4-8,21H,1-3H3. The Labute approximate surface area is 159 Å². The quantitative estimate of drug-likeness (QED) is 0.699. The van der Waals surface area contributed by atoms with E-state index in [0.29, 0.717) is 0 Å². The van der Waals surface area contributed by atoms with Gasteiger partial charge in [0.2, 0.25) is 10.0 Å². The van der Waals surface area contributed by atoms with Gasteiger partial charge >= 0.3 is 0 Å². The van der Waals surface area contributed by atoms with Gasteiger partial charge in [-0.1, -0.05) is 23.2 Å². The number of rotatable bonds is 6. The van der Waals surface area contributed by atoms with Crippen molar-refractivity contribution in [2.45, 2.75) is 17.9 Å². The molecule has 0 aliphatic carbocycles. The van der Waals surface area contributed by atoms with E-state index in [9.17, 15) is 17.2 Å². The van der Waals surface area contributed by atoms with Gasteiger partial charge in [-0.25, -0.2) is 21.9 Å². The molecule has 0 spiro atoms. The lowest BCUT2D eigenvalue weighted by Crippen LogP contribution is -2.28. The highest BCUT2D eigenvalue weighted by Gasteiger charge is 2.26. The molecule has 0 saturated heterocycles. The van der Waals surface area contributed by atoms with Gasteiger partial charge in [0.1, 0.15) is 16.5 Å². The number of sulfonamides is 1. The summed E-state index contributed by atoms with van der Waals surface area (Å²) in [5, 5.41) is -0.126. The van der Waals surface area contributed by atoms with Crippen LogP contribution in [0.3, 0.4) is 0 Å². The van der Waals surface area contributed by atoms with Gasteiger partial charge in [-0.2, -0.15) is 0 Å². The van der Waals surface area contributed by atoms with Crippen LogP contribution in [0.5, 0.6) is 11.5 Å². The summed E-state index contributed by atoms with van der Waals surface area (Å²) in [4.78, 5) is -0.646. The third-order valence-electron chi connectivity index (χ3n) is 3.57. The van der Waals surface area contributed by atoms with Crippen molar-refractivity contribution in [3.8, 4) is 11.5 Å². The second-order valence-electron chi connectivity index (χ2n) is 5.27. The Balaban J connectivity index is 2.41. The van der Waals surface area contributed by atoms with E-state index < -0.39 is 32.6 Å². The maximum atomic E-state index is 14.2. The van der Waals surface area contributed by atoms with Gasteiger partial charge in [0.15, 0.2) is 11.5 Å². The SMILES string of the molecule is COc1cc(F)c(S(=O)(=O)NC(C)c2cc(F)c(Cl)cc2Cl)cc1OC. The smallest absolute Gasteiger partial charge is 0.244 e. The first kappa shape index (κ1) is 20.7. The minimum absolute atomic E-state index is 0.0393. The molecule has 0 radical (unpaired) electrons. The maximum absolute atomic E-state index is 14.2. The lowest BCUT2D eigenvalue weighted by Gasteiger charge is -2.18. The highest BCUT2D eigenvalue weighted by molar-refractivity contribution is 7.89. The second kappa shape index (κ2) is 7.96. The van der Waals surface area contributed by atoms with E-state index in [-0.39, 0.29) is 27.1 Å². The minimum atomic E-state index is -4.31. The zero-order chi connectivity index (χ0) is 19.6. The molecule has 1 N–H and O–H groups in total. The fourth-order valence-corrected chi connectivity index (χ4v) is 4.11. The zero-order valence-electron chi connectivity index (χ0n) is 13.9. The molecule has 2 rings (SSSR count). The van der Waals surface area contributed by atoms with Crippen LogP contribution in [0, 0.1) is 11.6 Å². The molecule has 0 bridgehead atoms. The molecule has 0 amide bonds. The van der Waals surface area contributed by atoms with Crippen LogP contribution in [-0.4, -0.2) is 22.6 Å². The minimum Gasteiger partial charge on any atom is -0.493 e. The van der Waals surface area contributed by atoms with Crippen molar-refractivity contribution in [1.29, 1.82) is 0 Å². The molecular formula is C16H15Cl2F2NO4S. The van der Waals surface area contributed by atoms with E-state index in [4.69, 9.17) is 32.7 Å². The summed E-state index contributed by atoms with van der Waals surface area (Å²) in [6, 6.07) is 3.12. The van der Waals surface area contributed by atoms with E-state index in [1.165, 1.54) is 21.1 Å². The first-order chi connectivity index (χ1) is 12.1. The molecule has 0 saturated carbocycles. The van der Waals surface area contributed by atoms with E-state index in [1.807, 2.05) is 0 Å². The van der Waals surface area contributed by atoms with Crippen molar-refractivity contribution in [3.05, 3.63) is 51.5 Å². The average Bonchev–Trinajstić information content (AvgIpc) is 2.56. The molecule has 142 valence electrons. The molecule has 2 aromatic carbocycles. The highest BCUT2D eigenvalue weighted by atomic mass is 35.5. The lowest BCUT2D eigenvalue weighted by atomic mass is 10.1. The van der Waals surface area contributed by atoms with Crippen molar-refractivity contribution in [3.63, 3.8) is 0 Å².